The monoisotopic (exact) mass is 239 g/mol. The van der Waals surface area contributed by atoms with Gasteiger partial charge in [-0.25, -0.2) is 9.18 Å². The molecule has 1 amide bonds. The van der Waals surface area contributed by atoms with E-state index in [4.69, 9.17) is 5.11 Å². The van der Waals surface area contributed by atoms with Crippen LogP contribution in [0.2, 0.25) is 0 Å². The lowest BCUT2D eigenvalue weighted by Gasteiger charge is -2.18. The molecule has 0 bridgehead atoms. The van der Waals surface area contributed by atoms with Crippen molar-refractivity contribution in [1.29, 1.82) is 0 Å². The molecule has 1 saturated heterocycles. The van der Waals surface area contributed by atoms with E-state index >= 15 is 0 Å². The van der Waals surface area contributed by atoms with Crippen molar-refractivity contribution in [3.8, 4) is 0 Å². The zero-order valence-corrected chi connectivity index (χ0v) is 8.76. The van der Waals surface area contributed by atoms with Gasteiger partial charge in [-0.2, -0.15) is 0 Å². The van der Waals surface area contributed by atoms with Gasteiger partial charge >= 0.3 is 5.97 Å². The maximum absolute atomic E-state index is 12.7. The molecule has 6 heteroatoms. The van der Waals surface area contributed by atoms with E-state index in [1.807, 2.05) is 0 Å². The molecule has 1 heterocycles. The number of anilines is 1. The lowest BCUT2D eigenvalue weighted by Crippen LogP contribution is -2.46. The summed E-state index contributed by atoms with van der Waals surface area (Å²) in [5.41, 5.74) is -2.00. The maximum atomic E-state index is 12.7. The first kappa shape index (κ1) is 11.5. The number of hydrogen-bond acceptors (Lipinski definition) is 3. The van der Waals surface area contributed by atoms with Crippen molar-refractivity contribution in [2.45, 2.75) is 12.0 Å². The number of carboxylic acid groups (broad SMARTS) is 1. The third kappa shape index (κ3) is 1.76. The van der Waals surface area contributed by atoms with Crippen molar-refractivity contribution in [1.82, 2.24) is 0 Å². The average molecular weight is 239 g/mol. The molecule has 1 aliphatic heterocycles. The molecule has 0 aliphatic carbocycles. The Labute approximate surface area is 96.1 Å². The van der Waals surface area contributed by atoms with E-state index in [2.05, 4.69) is 0 Å². The highest BCUT2D eigenvalue weighted by Crippen LogP contribution is 2.28. The molecule has 2 rings (SSSR count). The number of nitrogens with zero attached hydrogens (tertiary/aromatic N) is 1. The summed E-state index contributed by atoms with van der Waals surface area (Å²) in [5, 5.41) is 18.5. The highest BCUT2D eigenvalue weighted by atomic mass is 19.1. The minimum absolute atomic E-state index is 0.0905. The first-order valence-electron chi connectivity index (χ1n) is 4.98. The van der Waals surface area contributed by atoms with Crippen molar-refractivity contribution in [2.75, 3.05) is 11.4 Å². The van der Waals surface area contributed by atoms with Crippen LogP contribution in [-0.4, -0.2) is 34.2 Å². The van der Waals surface area contributed by atoms with Gasteiger partial charge in [0.1, 0.15) is 5.82 Å². The molecule has 0 spiro atoms. The number of carbonyl (C=O) groups excluding carboxylic acids is 1. The minimum Gasteiger partial charge on any atom is -0.479 e. The molecule has 0 aromatic heterocycles. The van der Waals surface area contributed by atoms with Crippen molar-refractivity contribution in [2.24, 2.45) is 0 Å². The quantitative estimate of drug-likeness (QED) is 0.731. The number of halogens is 1. The molecule has 1 aliphatic rings. The smallest absolute Gasteiger partial charge is 0.345 e. The summed E-state index contributed by atoms with van der Waals surface area (Å²) < 4.78 is 12.7. The average Bonchev–Trinajstić information content (AvgIpc) is 2.59. The van der Waals surface area contributed by atoms with E-state index in [1.165, 1.54) is 24.3 Å². The first-order valence-corrected chi connectivity index (χ1v) is 4.98. The molecule has 2 N–H and O–H groups in total. The van der Waals surface area contributed by atoms with Crippen LogP contribution in [0.15, 0.2) is 24.3 Å². The fourth-order valence-electron chi connectivity index (χ4n) is 1.77. The number of aliphatic carboxylic acids is 1. The molecule has 1 aromatic carbocycles. The maximum Gasteiger partial charge on any atom is 0.345 e. The van der Waals surface area contributed by atoms with Gasteiger partial charge in [0.2, 0.25) is 5.60 Å². The fourth-order valence-corrected chi connectivity index (χ4v) is 1.77. The van der Waals surface area contributed by atoms with Gasteiger partial charge in [-0.3, -0.25) is 4.79 Å². The standard InChI is InChI=1S/C11H10FNO4/c12-7-1-3-8(4-2-7)13-6-5-11(17,9(13)14)10(15)16/h1-4,17H,5-6H2,(H,15,16). The molecule has 1 aromatic rings. The summed E-state index contributed by atoms with van der Waals surface area (Å²) in [6, 6.07) is 5.06. The van der Waals surface area contributed by atoms with E-state index < -0.39 is 23.3 Å². The Morgan fingerprint density at radius 1 is 1.35 bits per heavy atom. The number of carboxylic acids is 1. The Bertz CT molecular complexity index is 473. The van der Waals surface area contributed by atoms with Gasteiger partial charge in [-0.05, 0) is 24.3 Å². The third-order valence-electron chi connectivity index (χ3n) is 2.79. The first-order chi connectivity index (χ1) is 7.95. The minimum atomic E-state index is -2.37. The van der Waals surface area contributed by atoms with E-state index in [9.17, 15) is 19.1 Å². The summed E-state index contributed by atoms with van der Waals surface area (Å²) in [6.07, 6.45) is -0.182. The zero-order valence-electron chi connectivity index (χ0n) is 8.76. The van der Waals surface area contributed by atoms with E-state index in [-0.39, 0.29) is 13.0 Å². The van der Waals surface area contributed by atoms with E-state index in [0.717, 1.165) is 4.90 Å². The summed E-state index contributed by atoms with van der Waals surface area (Å²) in [7, 11) is 0. The molecule has 5 nitrogen and oxygen atoms in total. The molecule has 17 heavy (non-hydrogen) atoms. The molecular weight excluding hydrogens is 229 g/mol. The summed E-state index contributed by atoms with van der Waals surface area (Å²) in [6.45, 7) is 0.0905. The largest absolute Gasteiger partial charge is 0.479 e. The number of carbonyl (C=O) groups is 2. The van der Waals surface area contributed by atoms with E-state index in [1.54, 1.807) is 0 Å². The number of hydrogen-bond donors (Lipinski definition) is 2. The molecular formula is C11H10FNO4. The second-order valence-electron chi connectivity index (χ2n) is 3.85. The number of rotatable bonds is 2. The van der Waals surface area contributed by atoms with Crippen LogP contribution in [0.5, 0.6) is 0 Å². The van der Waals surface area contributed by atoms with Crippen LogP contribution in [0.1, 0.15) is 6.42 Å². The van der Waals surface area contributed by atoms with Gasteiger partial charge in [0.25, 0.3) is 5.91 Å². The van der Waals surface area contributed by atoms with Gasteiger partial charge in [0.05, 0.1) is 0 Å². The molecule has 0 saturated carbocycles. The Kier molecular flexibility index (Phi) is 2.59. The summed E-state index contributed by atoms with van der Waals surface area (Å²) in [5.74, 6) is -2.90. The zero-order chi connectivity index (χ0) is 12.6. The predicted octanol–water partition coefficient (Wildman–Crippen LogP) is 0.378. The van der Waals surface area contributed by atoms with Crippen LogP contribution in [0.3, 0.4) is 0 Å². The van der Waals surface area contributed by atoms with Gasteiger partial charge in [0.15, 0.2) is 0 Å². The van der Waals surface area contributed by atoms with Gasteiger partial charge in [0, 0.05) is 18.7 Å². The molecule has 1 atom stereocenters. The van der Waals surface area contributed by atoms with Crippen LogP contribution in [0.4, 0.5) is 10.1 Å². The van der Waals surface area contributed by atoms with E-state index in [0.29, 0.717) is 5.69 Å². The molecule has 1 fully saturated rings. The third-order valence-corrected chi connectivity index (χ3v) is 2.79. The van der Waals surface area contributed by atoms with Crippen LogP contribution in [0, 0.1) is 5.82 Å². The second kappa shape index (κ2) is 3.81. The van der Waals surface area contributed by atoms with Crippen LogP contribution < -0.4 is 4.90 Å². The molecule has 1 unspecified atom stereocenters. The van der Waals surface area contributed by atoms with Crippen molar-refractivity contribution < 1.29 is 24.2 Å². The fraction of sp³-hybridized carbons (Fsp3) is 0.273. The highest BCUT2D eigenvalue weighted by Gasteiger charge is 2.52. The Morgan fingerprint density at radius 2 is 1.94 bits per heavy atom. The number of benzene rings is 1. The van der Waals surface area contributed by atoms with Crippen LogP contribution in [-0.2, 0) is 9.59 Å². The molecule has 90 valence electrons. The normalized spacial score (nSPS) is 24.1. The predicted molar refractivity (Wildman–Crippen MR) is 56.0 cm³/mol. The summed E-state index contributed by atoms with van der Waals surface area (Å²) >= 11 is 0. The topological polar surface area (TPSA) is 77.8 Å². The lowest BCUT2D eigenvalue weighted by atomic mass is 10.0. The van der Waals surface area contributed by atoms with Crippen molar-refractivity contribution in [3.05, 3.63) is 30.1 Å². The summed E-state index contributed by atoms with van der Waals surface area (Å²) in [4.78, 5) is 23.7. The Morgan fingerprint density at radius 3 is 2.41 bits per heavy atom. The number of amides is 1. The molecule has 0 radical (unpaired) electrons. The van der Waals surface area contributed by atoms with Crippen molar-refractivity contribution >= 4 is 17.6 Å². The van der Waals surface area contributed by atoms with Crippen molar-refractivity contribution in [3.63, 3.8) is 0 Å². The Hall–Kier alpha value is -1.95. The van der Waals surface area contributed by atoms with Crippen LogP contribution in [0.25, 0.3) is 0 Å². The SMILES string of the molecule is O=C(O)C1(O)CCN(c2ccc(F)cc2)C1=O. The second-order valence-corrected chi connectivity index (χ2v) is 3.85. The highest BCUT2D eigenvalue weighted by molar-refractivity contribution is 6.14. The van der Waals surface area contributed by atoms with Gasteiger partial charge in [-0.1, -0.05) is 0 Å². The Balaban J connectivity index is 2.29. The van der Waals surface area contributed by atoms with Gasteiger partial charge < -0.3 is 15.1 Å². The lowest BCUT2D eigenvalue weighted by molar-refractivity contribution is -0.162. The van der Waals surface area contributed by atoms with Crippen LogP contribution >= 0.6 is 0 Å². The van der Waals surface area contributed by atoms with Gasteiger partial charge in [-0.15, -0.1) is 0 Å². The number of aliphatic hydroxyl groups is 1.